The van der Waals surface area contributed by atoms with Crippen LogP contribution >= 0.6 is 0 Å². The molecule has 3 rings (SSSR count). The lowest BCUT2D eigenvalue weighted by Gasteiger charge is -2.20. The van der Waals surface area contributed by atoms with Crippen molar-refractivity contribution in [2.45, 2.75) is 19.0 Å². The van der Waals surface area contributed by atoms with E-state index in [2.05, 4.69) is 10.4 Å². The number of hydrazone groups is 1. The van der Waals surface area contributed by atoms with E-state index in [4.69, 9.17) is 10.5 Å². The number of halogens is 1. The van der Waals surface area contributed by atoms with Crippen molar-refractivity contribution in [3.8, 4) is 5.75 Å². The largest absolute Gasteiger partial charge is 0.497 e. The Morgan fingerprint density at radius 3 is 2.70 bits per heavy atom. The van der Waals surface area contributed by atoms with Crippen LogP contribution in [0.15, 0.2) is 53.6 Å². The number of methoxy groups -OCH3 is 1. The third-order valence-corrected chi connectivity index (χ3v) is 4.18. The molecule has 2 amide bonds. The van der Waals surface area contributed by atoms with Crippen LogP contribution in [0, 0.1) is 5.82 Å². The van der Waals surface area contributed by atoms with E-state index in [9.17, 15) is 14.0 Å². The third-order valence-electron chi connectivity index (χ3n) is 4.18. The minimum atomic E-state index is -0.798. The van der Waals surface area contributed by atoms with Crippen molar-refractivity contribution in [3.05, 3.63) is 59.9 Å². The number of nitrogens with zero attached hydrogens (tertiary/aromatic N) is 2. The van der Waals surface area contributed by atoms with Gasteiger partial charge in [-0.25, -0.2) is 4.39 Å². The topological polar surface area (TPSA) is 97.0 Å². The minimum Gasteiger partial charge on any atom is -0.497 e. The predicted octanol–water partition coefficient (Wildman–Crippen LogP) is 1.57. The number of benzene rings is 2. The van der Waals surface area contributed by atoms with Crippen LogP contribution in [0.3, 0.4) is 0 Å². The standard InChI is InChI=1S/C19H19FN4O3/c1-27-15-4-2-3-12(9-15)11-22-19(26)16-10-17(18(21)25)24(23-16)14-7-5-13(20)6-8-14/h2-9,17H,10-11H2,1H3,(H2,21,25)(H,22,26). The molecule has 27 heavy (non-hydrogen) atoms. The highest BCUT2D eigenvalue weighted by Crippen LogP contribution is 2.25. The van der Waals surface area contributed by atoms with Gasteiger partial charge >= 0.3 is 0 Å². The van der Waals surface area contributed by atoms with Crippen molar-refractivity contribution in [3.63, 3.8) is 0 Å². The van der Waals surface area contributed by atoms with Gasteiger partial charge in [0, 0.05) is 13.0 Å². The third kappa shape index (κ3) is 4.22. The number of carbonyl (C=O) groups is 2. The molecular formula is C19H19FN4O3. The van der Waals surface area contributed by atoms with Gasteiger partial charge < -0.3 is 15.8 Å². The summed E-state index contributed by atoms with van der Waals surface area (Å²) < 4.78 is 18.3. The molecule has 2 aromatic carbocycles. The number of anilines is 1. The fourth-order valence-electron chi connectivity index (χ4n) is 2.77. The lowest BCUT2D eigenvalue weighted by Crippen LogP contribution is -2.39. The summed E-state index contributed by atoms with van der Waals surface area (Å²) in [5.41, 5.74) is 6.97. The second-order valence-corrected chi connectivity index (χ2v) is 6.02. The summed E-state index contributed by atoms with van der Waals surface area (Å²) in [5, 5.41) is 8.34. The van der Waals surface area contributed by atoms with E-state index in [0.29, 0.717) is 11.4 Å². The normalized spacial score (nSPS) is 16.0. The van der Waals surface area contributed by atoms with Gasteiger partial charge in [0.25, 0.3) is 5.91 Å². The Kier molecular flexibility index (Phi) is 5.35. The zero-order chi connectivity index (χ0) is 19.4. The quantitative estimate of drug-likeness (QED) is 0.807. The smallest absolute Gasteiger partial charge is 0.267 e. The number of nitrogens with two attached hydrogens (primary N) is 1. The highest BCUT2D eigenvalue weighted by molar-refractivity contribution is 6.40. The fourth-order valence-corrected chi connectivity index (χ4v) is 2.77. The van der Waals surface area contributed by atoms with Gasteiger partial charge in [-0.2, -0.15) is 5.10 Å². The van der Waals surface area contributed by atoms with Crippen LogP contribution in [0.25, 0.3) is 0 Å². The van der Waals surface area contributed by atoms with Crippen molar-refractivity contribution < 1.29 is 18.7 Å². The summed E-state index contributed by atoms with van der Waals surface area (Å²) >= 11 is 0. The molecule has 1 aliphatic rings. The molecule has 0 bridgehead atoms. The molecule has 0 aromatic heterocycles. The Hall–Kier alpha value is -3.42. The molecule has 1 unspecified atom stereocenters. The van der Waals surface area contributed by atoms with Gasteiger partial charge in [-0.05, 0) is 42.0 Å². The number of ether oxygens (including phenoxy) is 1. The lowest BCUT2D eigenvalue weighted by atomic mass is 10.1. The summed E-state index contributed by atoms with van der Waals surface area (Å²) in [7, 11) is 1.57. The molecule has 0 aliphatic carbocycles. The van der Waals surface area contributed by atoms with Crippen LogP contribution in [0.1, 0.15) is 12.0 Å². The van der Waals surface area contributed by atoms with Gasteiger partial charge in [0.1, 0.15) is 23.3 Å². The van der Waals surface area contributed by atoms with Crippen molar-refractivity contribution in [1.82, 2.24) is 5.32 Å². The van der Waals surface area contributed by atoms with Crippen molar-refractivity contribution in [2.24, 2.45) is 10.8 Å². The highest BCUT2D eigenvalue weighted by atomic mass is 19.1. The van der Waals surface area contributed by atoms with Crippen LogP contribution < -0.4 is 20.8 Å². The lowest BCUT2D eigenvalue weighted by molar-refractivity contribution is -0.119. The molecule has 0 fully saturated rings. The molecule has 0 spiro atoms. The number of carbonyl (C=O) groups excluding carboxylic acids is 2. The number of rotatable bonds is 6. The fraction of sp³-hybridized carbons (Fsp3) is 0.211. The van der Waals surface area contributed by atoms with Gasteiger partial charge in [-0.3, -0.25) is 14.6 Å². The zero-order valence-corrected chi connectivity index (χ0v) is 14.7. The van der Waals surface area contributed by atoms with Crippen molar-refractivity contribution in [2.75, 3.05) is 12.1 Å². The number of hydrogen-bond acceptors (Lipinski definition) is 5. The first-order chi connectivity index (χ1) is 13.0. The predicted molar refractivity (Wildman–Crippen MR) is 98.8 cm³/mol. The molecule has 8 heteroatoms. The van der Waals surface area contributed by atoms with E-state index < -0.39 is 23.7 Å². The maximum Gasteiger partial charge on any atom is 0.267 e. The van der Waals surface area contributed by atoms with Gasteiger partial charge in [-0.1, -0.05) is 12.1 Å². The Morgan fingerprint density at radius 2 is 2.04 bits per heavy atom. The van der Waals surface area contributed by atoms with E-state index in [0.717, 1.165) is 5.56 Å². The molecular weight excluding hydrogens is 351 g/mol. The van der Waals surface area contributed by atoms with Crippen LogP contribution in [0.4, 0.5) is 10.1 Å². The first-order valence-corrected chi connectivity index (χ1v) is 8.30. The second kappa shape index (κ2) is 7.86. The molecule has 3 N–H and O–H groups in total. The summed E-state index contributed by atoms with van der Waals surface area (Å²) in [4.78, 5) is 24.2. The monoisotopic (exact) mass is 370 g/mol. The van der Waals surface area contributed by atoms with E-state index in [1.54, 1.807) is 7.11 Å². The number of hydrogen-bond donors (Lipinski definition) is 2. The van der Waals surface area contributed by atoms with Crippen LogP contribution in [-0.2, 0) is 16.1 Å². The Balaban J connectivity index is 1.72. The maximum absolute atomic E-state index is 13.1. The number of amides is 2. The number of nitrogens with one attached hydrogen (secondary N) is 1. The molecule has 0 radical (unpaired) electrons. The van der Waals surface area contributed by atoms with Crippen molar-refractivity contribution in [1.29, 1.82) is 0 Å². The maximum atomic E-state index is 13.1. The highest BCUT2D eigenvalue weighted by Gasteiger charge is 2.34. The Labute approximate surface area is 155 Å². The summed E-state index contributed by atoms with van der Waals surface area (Å²) in [6.07, 6.45) is 0.0800. The minimum absolute atomic E-state index is 0.0800. The van der Waals surface area contributed by atoms with Gasteiger partial charge in [0.2, 0.25) is 5.91 Å². The molecule has 140 valence electrons. The van der Waals surface area contributed by atoms with E-state index in [1.165, 1.54) is 29.3 Å². The van der Waals surface area contributed by atoms with Crippen LogP contribution in [-0.4, -0.2) is 30.7 Å². The average molecular weight is 370 g/mol. The molecule has 2 aromatic rings. The first-order valence-electron chi connectivity index (χ1n) is 8.30. The zero-order valence-electron chi connectivity index (χ0n) is 14.7. The molecule has 1 aliphatic heterocycles. The summed E-state index contributed by atoms with van der Waals surface area (Å²) in [6.45, 7) is 0.285. The molecule has 1 atom stereocenters. The Morgan fingerprint density at radius 1 is 1.30 bits per heavy atom. The summed E-state index contributed by atoms with van der Waals surface area (Å²) in [6, 6.07) is 12.0. The van der Waals surface area contributed by atoms with E-state index in [1.807, 2.05) is 24.3 Å². The molecule has 7 nitrogen and oxygen atoms in total. The summed E-state index contributed by atoms with van der Waals surface area (Å²) in [5.74, 6) is -0.725. The number of primary amides is 1. The van der Waals surface area contributed by atoms with E-state index >= 15 is 0 Å². The molecule has 0 saturated heterocycles. The average Bonchev–Trinajstić information content (AvgIpc) is 3.13. The second-order valence-electron chi connectivity index (χ2n) is 6.02. The van der Waals surface area contributed by atoms with E-state index in [-0.39, 0.29) is 18.7 Å². The SMILES string of the molecule is COc1cccc(CNC(=O)C2=NN(c3ccc(F)cc3)C(C(N)=O)C2)c1. The first kappa shape index (κ1) is 18.4. The van der Waals surface area contributed by atoms with Gasteiger partial charge in [0.05, 0.1) is 12.8 Å². The molecule has 1 heterocycles. The Bertz CT molecular complexity index is 883. The van der Waals surface area contributed by atoms with Crippen LogP contribution in [0.2, 0.25) is 0 Å². The van der Waals surface area contributed by atoms with Crippen molar-refractivity contribution >= 4 is 23.2 Å². The van der Waals surface area contributed by atoms with Crippen LogP contribution in [0.5, 0.6) is 5.75 Å². The molecule has 0 saturated carbocycles. The van der Waals surface area contributed by atoms with Gasteiger partial charge in [0.15, 0.2) is 0 Å². The van der Waals surface area contributed by atoms with Gasteiger partial charge in [-0.15, -0.1) is 0 Å².